The van der Waals surface area contributed by atoms with Gasteiger partial charge in [-0.2, -0.15) is 5.10 Å². The van der Waals surface area contributed by atoms with Crippen molar-refractivity contribution >= 4 is 23.8 Å². The first-order valence-corrected chi connectivity index (χ1v) is 5.74. The van der Waals surface area contributed by atoms with Crippen molar-refractivity contribution in [2.45, 2.75) is 24.9 Å². The minimum absolute atomic E-state index is 0.733. The van der Waals surface area contributed by atoms with Gasteiger partial charge in [-0.3, -0.25) is 5.43 Å². The van der Waals surface area contributed by atoms with Gasteiger partial charge in [-0.25, -0.2) is 9.97 Å². The van der Waals surface area contributed by atoms with E-state index in [2.05, 4.69) is 27.4 Å². The van der Waals surface area contributed by atoms with Gasteiger partial charge in [0.25, 0.3) is 0 Å². The van der Waals surface area contributed by atoms with Crippen LogP contribution in [0.5, 0.6) is 0 Å². The second kappa shape index (κ2) is 6.37. The number of unbranched alkanes of at least 4 members (excludes halogenated alkanes) is 1. The Balaban J connectivity index is 2.50. The minimum Gasteiger partial charge on any atom is -0.262 e. The number of rotatable bonds is 5. The summed E-state index contributed by atoms with van der Waals surface area (Å²) in [5.41, 5.74) is 2.86. The maximum Gasteiger partial charge on any atom is 0.189 e. The van der Waals surface area contributed by atoms with Gasteiger partial charge >= 0.3 is 0 Å². The lowest BCUT2D eigenvalue weighted by Crippen LogP contribution is -1.94. The van der Waals surface area contributed by atoms with Gasteiger partial charge in [0.15, 0.2) is 11.0 Å². The van der Waals surface area contributed by atoms with Crippen molar-refractivity contribution in [1.29, 1.82) is 0 Å². The smallest absolute Gasteiger partial charge is 0.189 e. The third kappa shape index (κ3) is 3.74. The van der Waals surface area contributed by atoms with Gasteiger partial charge in [0.2, 0.25) is 0 Å². The highest BCUT2D eigenvalue weighted by Gasteiger charge is 1.94. The average Bonchev–Trinajstić information content (AvgIpc) is 2.25. The molecule has 1 N–H and O–H groups in total. The Labute approximate surface area is 88.2 Å². The van der Waals surface area contributed by atoms with Gasteiger partial charge in [0.05, 0.1) is 0 Å². The molecule has 14 heavy (non-hydrogen) atoms. The molecule has 0 atom stereocenters. The Morgan fingerprint density at radius 1 is 1.64 bits per heavy atom. The molecule has 0 aromatic carbocycles. The van der Waals surface area contributed by atoms with Gasteiger partial charge in [0, 0.05) is 18.5 Å². The first-order valence-electron chi connectivity index (χ1n) is 4.51. The fourth-order valence-electron chi connectivity index (χ4n) is 0.807. The fraction of sp³-hybridized carbons (Fsp3) is 0.444. The minimum atomic E-state index is 0.733. The van der Waals surface area contributed by atoms with E-state index in [1.54, 1.807) is 12.3 Å². The zero-order valence-corrected chi connectivity index (χ0v) is 9.21. The molecule has 0 unspecified atom stereocenters. The van der Waals surface area contributed by atoms with Crippen LogP contribution in [-0.4, -0.2) is 22.4 Å². The lowest BCUT2D eigenvalue weighted by atomic mass is 10.4. The molecular formula is C9H14N4S. The van der Waals surface area contributed by atoms with E-state index < -0.39 is 0 Å². The molecule has 1 rings (SSSR count). The van der Waals surface area contributed by atoms with E-state index in [1.807, 2.05) is 12.5 Å². The van der Waals surface area contributed by atoms with Crippen LogP contribution in [0.1, 0.15) is 19.8 Å². The molecule has 0 radical (unpaired) electrons. The third-order valence-electron chi connectivity index (χ3n) is 1.50. The zero-order chi connectivity index (χ0) is 10.2. The van der Waals surface area contributed by atoms with Crippen LogP contribution in [0.3, 0.4) is 0 Å². The van der Waals surface area contributed by atoms with Gasteiger partial charge in [0.1, 0.15) is 0 Å². The van der Waals surface area contributed by atoms with E-state index in [-0.39, 0.29) is 0 Å². The topological polar surface area (TPSA) is 50.2 Å². The zero-order valence-electron chi connectivity index (χ0n) is 8.40. The van der Waals surface area contributed by atoms with E-state index in [0.29, 0.717) is 0 Å². The molecule has 0 fully saturated rings. The molecule has 0 aliphatic heterocycles. The summed E-state index contributed by atoms with van der Waals surface area (Å²) in [6, 6.07) is 1.79. The maximum absolute atomic E-state index is 4.22. The summed E-state index contributed by atoms with van der Waals surface area (Å²) < 4.78 is 0. The molecule has 1 aromatic rings. The van der Waals surface area contributed by atoms with Crippen LogP contribution < -0.4 is 5.43 Å². The molecule has 0 saturated carbocycles. The van der Waals surface area contributed by atoms with Crippen LogP contribution in [0.25, 0.3) is 0 Å². The summed E-state index contributed by atoms with van der Waals surface area (Å²) in [7, 11) is 0. The fourth-order valence-corrected chi connectivity index (χ4v) is 1.16. The van der Waals surface area contributed by atoms with Crippen molar-refractivity contribution in [3.63, 3.8) is 0 Å². The van der Waals surface area contributed by atoms with Crippen LogP contribution in [0, 0.1) is 0 Å². The van der Waals surface area contributed by atoms with E-state index in [1.165, 1.54) is 11.8 Å². The first-order chi connectivity index (χ1) is 6.86. The van der Waals surface area contributed by atoms with Gasteiger partial charge in [-0.15, -0.1) is 0 Å². The van der Waals surface area contributed by atoms with Crippen LogP contribution in [0.4, 0.5) is 5.82 Å². The molecule has 1 heterocycles. The number of anilines is 1. The second-order valence-corrected chi connectivity index (χ2v) is 3.41. The number of nitrogens with one attached hydrogen (secondary N) is 1. The molecule has 0 bridgehead atoms. The monoisotopic (exact) mass is 210 g/mol. The quantitative estimate of drug-likeness (QED) is 0.351. The Kier molecular flexibility index (Phi) is 4.99. The highest BCUT2D eigenvalue weighted by Crippen LogP contribution is 2.10. The number of hydrogen-bond donors (Lipinski definition) is 1. The Bertz CT molecular complexity index is 301. The molecule has 0 aliphatic rings. The standard InChI is InChI=1S/C9H14N4S/c1-3-4-6-11-13-8-5-7-10-9(12-8)14-2/h5-7H,3-4H2,1-2H3,(H,10,12,13)/b11-6+. The molecule has 0 spiro atoms. The predicted molar refractivity (Wildman–Crippen MR) is 60.8 cm³/mol. The lowest BCUT2D eigenvalue weighted by molar-refractivity contribution is 0.963. The third-order valence-corrected chi connectivity index (χ3v) is 2.07. The number of nitrogens with zero attached hydrogens (tertiary/aromatic N) is 3. The largest absolute Gasteiger partial charge is 0.262 e. The molecule has 4 nitrogen and oxygen atoms in total. The molecule has 76 valence electrons. The van der Waals surface area contributed by atoms with Gasteiger partial charge in [-0.1, -0.05) is 25.1 Å². The Hall–Kier alpha value is -1.10. The highest BCUT2D eigenvalue weighted by atomic mass is 32.2. The summed E-state index contributed by atoms with van der Waals surface area (Å²) >= 11 is 1.51. The lowest BCUT2D eigenvalue weighted by Gasteiger charge is -1.99. The van der Waals surface area contributed by atoms with Crippen molar-refractivity contribution in [3.05, 3.63) is 12.3 Å². The van der Waals surface area contributed by atoms with Crippen molar-refractivity contribution in [2.75, 3.05) is 11.7 Å². The molecule has 5 heteroatoms. The molecule has 0 aliphatic carbocycles. The number of hydrazone groups is 1. The SMILES string of the molecule is CCC/C=N/Nc1ccnc(SC)n1. The summed E-state index contributed by atoms with van der Waals surface area (Å²) in [5.74, 6) is 0.733. The molecule has 0 saturated heterocycles. The summed E-state index contributed by atoms with van der Waals surface area (Å²) in [6.07, 6.45) is 7.59. The van der Waals surface area contributed by atoms with Crippen LogP contribution in [0.15, 0.2) is 22.5 Å². The van der Waals surface area contributed by atoms with Crippen LogP contribution in [0.2, 0.25) is 0 Å². The molecular weight excluding hydrogens is 196 g/mol. The normalized spacial score (nSPS) is 10.7. The predicted octanol–water partition coefficient (Wildman–Crippen LogP) is 2.40. The maximum atomic E-state index is 4.22. The summed E-state index contributed by atoms with van der Waals surface area (Å²) in [4.78, 5) is 8.28. The van der Waals surface area contributed by atoms with Gasteiger partial charge < -0.3 is 0 Å². The number of hydrogen-bond acceptors (Lipinski definition) is 5. The Morgan fingerprint density at radius 3 is 3.21 bits per heavy atom. The van der Waals surface area contributed by atoms with Crippen molar-refractivity contribution < 1.29 is 0 Å². The van der Waals surface area contributed by atoms with E-state index in [0.717, 1.165) is 23.8 Å². The van der Waals surface area contributed by atoms with Crippen molar-refractivity contribution in [2.24, 2.45) is 5.10 Å². The van der Waals surface area contributed by atoms with Crippen LogP contribution >= 0.6 is 11.8 Å². The summed E-state index contributed by atoms with van der Waals surface area (Å²) in [6.45, 7) is 2.11. The highest BCUT2D eigenvalue weighted by molar-refractivity contribution is 7.98. The molecule has 1 aromatic heterocycles. The van der Waals surface area contributed by atoms with E-state index in [4.69, 9.17) is 0 Å². The first kappa shape index (κ1) is 11.0. The number of aromatic nitrogens is 2. The second-order valence-electron chi connectivity index (χ2n) is 2.64. The van der Waals surface area contributed by atoms with Crippen molar-refractivity contribution in [1.82, 2.24) is 9.97 Å². The molecule has 0 amide bonds. The van der Waals surface area contributed by atoms with Crippen molar-refractivity contribution in [3.8, 4) is 0 Å². The van der Waals surface area contributed by atoms with E-state index in [9.17, 15) is 0 Å². The average molecular weight is 210 g/mol. The van der Waals surface area contributed by atoms with E-state index >= 15 is 0 Å². The Morgan fingerprint density at radius 2 is 2.50 bits per heavy atom. The number of thioether (sulfide) groups is 1. The van der Waals surface area contributed by atoms with Gasteiger partial charge in [-0.05, 0) is 12.7 Å². The summed E-state index contributed by atoms with van der Waals surface area (Å²) in [5, 5.41) is 4.78. The van der Waals surface area contributed by atoms with Crippen LogP contribution in [-0.2, 0) is 0 Å².